The third kappa shape index (κ3) is 2.92. The topological polar surface area (TPSA) is 6.48 Å². The summed E-state index contributed by atoms with van der Waals surface area (Å²) in [5.41, 5.74) is 0. The first-order valence-corrected chi connectivity index (χ1v) is 4.13. The molecule has 0 unspecified atom stereocenters. The zero-order valence-electron chi connectivity index (χ0n) is 7.43. The van der Waals surface area contributed by atoms with E-state index in [1.54, 1.807) is 0 Å². The van der Waals surface area contributed by atoms with Crippen LogP contribution in [-0.4, -0.2) is 49.6 Å². The number of likely N-dealkylation sites (N-methyl/N-ethyl adjacent to an activating group) is 1. The molecule has 0 saturated carbocycles. The van der Waals surface area contributed by atoms with Crippen LogP contribution < -0.4 is 0 Å². The minimum atomic E-state index is 0.949. The van der Waals surface area contributed by atoms with E-state index in [0.717, 1.165) is 6.54 Å². The van der Waals surface area contributed by atoms with E-state index in [1.165, 1.54) is 26.2 Å². The van der Waals surface area contributed by atoms with Gasteiger partial charge in [-0.25, -0.2) is 0 Å². The lowest BCUT2D eigenvalue weighted by atomic mass is 10.3. The summed E-state index contributed by atoms with van der Waals surface area (Å²) in [5, 5.41) is 0. The zero-order valence-corrected chi connectivity index (χ0v) is 7.43. The van der Waals surface area contributed by atoms with Crippen LogP contribution in [0.15, 0.2) is 0 Å². The first-order chi connectivity index (χ1) is 5.33. The monoisotopic (exact) mass is 152 g/mol. The Morgan fingerprint density at radius 1 is 1.18 bits per heavy atom. The highest BCUT2D eigenvalue weighted by molar-refractivity contribution is 4.98. The van der Waals surface area contributed by atoms with Crippen molar-refractivity contribution in [1.29, 1.82) is 0 Å². The molecule has 0 bridgehead atoms. The van der Waals surface area contributed by atoms with Gasteiger partial charge in [0.2, 0.25) is 0 Å². The number of rotatable bonds is 1. The number of hydrogen-bond acceptors (Lipinski definition) is 2. The lowest BCUT2D eigenvalue weighted by Crippen LogP contribution is -2.44. The summed E-state index contributed by atoms with van der Waals surface area (Å²) in [4.78, 5) is 4.76. The van der Waals surface area contributed by atoms with Crippen molar-refractivity contribution in [3.05, 3.63) is 0 Å². The normalized spacial score (nSPS) is 20.9. The van der Waals surface area contributed by atoms with Gasteiger partial charge >= 0.3 is 0 Å². The first kappa shape index (κ1) is 8.58. The molecule has 0 amide bonds. The van der Waals surface area contributed by atoms with E-state index in [2.05, 4.69) is 28.7 Å². The third-order valence-electron chi connectivity index (χ3n) is 2.08. The van der Waals surface area contributed by atoms with E-state index in [0.29, 0.717) is 0 Å². The molecule has 2 nitrogen and oxygen atoms in total. The molecule has 1 rings (SSSR count). The van der Waals surface area contributed by atoms with Gasteiger partial charge in [-0.05, 0) is 14.0 Å². The largest absolute Gasteiger partial charge is 0.304 e. The van der Waals surface area contributed by atoms with E-state index in [-0.39, 0.29) is 0 Å². The van der Waals surface area contributed by atoms with Crippen molar-refractivity contribution in [2.75, 3.05) is 39.8 Å². The van der Waals surface area contributed by atoms with Crippen LogP contribution in [0.4, 0.5) is 0 Å². The molecule has 1 aliphatic rings. The highest BCUT2D eigenvalue weighted by Crippen LogP contribution is 1.96. The van der Waals surface area contributed by atoms with Gasteiger partial charge in [-0.1, -0.05) is 5.92 Å². The molecule has 1 heterocycles. The second kappa shape index (κ2) is 4.38. The molecule has 62 valence electrons. The fourth-order valence-electron chi connectivity index (χ4n) is 1.20. The van der Waals surface area contributed by atoms with Crippen molar-refractivity contribution in [1.82, 2.24) is 9.80 Å². The number of nitrogens with zero attached hydrogens (tertiary/aromatic N) is 2. The summed E-state index contributed by atoms with van der Waals surface area (Å²) in [6.45, 7) is 7.56. The summed E-state index contributed by atoms with van der Waals surface area (Å²) >= 11 is 0. The number of hydrogen-bond donors (Lipinski definition) is 0. The Bertz CT molecular complexity index is 158. The summed E-state index contributed by atoms with van der Waals surface area (Å²) in [5.74, 6) is 6.01. The van der Waals surface area contributed by atoms with Crippen LogP contribution in [0.2, 0.25) is 0 Å². The Morgan fingerprint density at radius 3 is 2.36 bits per heavy atom. The molecule has 0 radical (unpaired) electrons. The molecule has 1 saturated heterocycles. The highest BCUT2D eigenvalue weighted by Gasteiger charge is 2.11. The van der Waals surface area contributed by atoms with Crippen molar-refractivity contribution < 1.29 is 0 Å². The summed E-state index contributed by atoms with van der Waals surface area (Å²) in [6, 6.07) is 0. The van der Waals surface area contributed by atoms with Crippen LogP contribution in [0.5, 0.6) is 0 Å². The van der Waals surface area contributed by atoms with Crippen LogP contribution in [0.25, 0.3) is 0 Å². The zero-order chi connectivity index (χ0) is 8.10. The van der Waals surface area contributed by atoms with Crippen molar-refractivity contribution in [2.45, 2.75) is 6.92 Å². The molecule has 2 heteroatoms. The molecule has 0 aliphatic carbocycles. The Hall–Kier alpha value is -0.520. The van der Waals surface area contributed by atoms with Gasteiger partial charge in [0, 0.05) is 26.2 Å². The molecular formula is C9H16N2. The fraction of sp³-hybridized carbons (Fsp3) is 0.778. The van der Waals surface area contributed by atoms with E-state index in [9.17, 15) is 0 Å². The van der Waals surface area contributed by atoms with Crippen molar-refractivity contribution in [3.63, 3.8) is 0 Å². The maximum Gasteiger partial charge on any atom is 0.0602 e. The maximum absolute atomic E-state index is 3.09. The molecule has 1 aliphatic heterocycles. The second-order valence-corrected chi connectivity index (χ2v) is 3.01. The maximum atomic E-state index is 3.09. The van der Waals surface area contributed by atoms with Gasteiger partial charge in [0.1, 0.15) is 0 Å². The van der Waals surface area contributed by atoms with Crippen molar-refractivity contribution in [2.24, 2.45) is 0 Å². The summed E-state index contributed by atoms with van der Waals surface area (Å²) in [7, 11) is 2.17. The molecular weight excluding hydrogens is 136 g/mol. The Balaban J connectivity index is 2.20. The van der Waals surface area contributed by atoms with Crippen LogP contribution >= 0.6 is 0 Å². The van der Waals surface area contributed by atoms with Gasteiger partial charge in [0.25, 0.3) is 0 Å². The smallest absolute Gasteiger partial charge is 0.0602 e. The predicted molar refractivity (Wildman–Crippen MR) is 47.4 cm³/mol. The molecule has 0 aromatic heterocycles. The lowest BCUT2D eigenvalue weighted by molar-refractivity contribution is 0.168. The van der Waals surface area contributed by atoms with Gasteiger partial charge in [0.15, 0.2) is 0 Å². The average Bonchev–Trinajstić information content (AvgIpc) is 2.04. The quantitative estimate of drug-likeness (QED) is 0.497. The highest BCUT2D eigenvalue weighted by atomic mass is 15.2. The predicted octanol–water partition coefficient (Wildman–Crippen LogP) is 0.257. The van der Waals surface area contributed by atoms with E-state index in [1.807, 2.05) is 6.92 Å². The van der Waals surface area contributed by atoms with Crippen LogP contribution in [0, 0.1) is 11.8 Å². The minimum absolute atomic E-state index is 0.949. The van der Waals surface area contributed by atoms with Crippen LogP contribution in [0.3, 0.4) is 0 Å². The third-order valence-corrected chi connectivity index (χ3v) is 2.08. The van der Waals surface area contributed by atoms with Gasteiger partial charge in [-0.2, -0.15) is 0 Å². The van der Waals surface area contributed by atoms with E-state index < -0.39 is 0 Å². The number of piperazine rings is 1. The van der Waals surface area contributed by atoms with Crippen LogP contribution in [-0.2, 0) is 0 Å². The fourth-order valence-corrected chi connectivity index (χ4v) is 1.20. The standard InChI is InChI=1S/C9H16N2/c1-3-4-5-11-8-6-10(2)7-9-11/h5-9H2,1-2H3. The van der Waals surface area contributed by atoms with Gasteiger partial charge in [-0.3, -0.25) is 4.90 Å². The van der Waals surface area contributed by atoms with E-state index >= 15 is 0 Å². The molecule has 0 aromatic rings. The van der Waals surface area contributed by atoms with Crippen LogP contribution in [0.1, 0.15) is 6.92 Å². The Kier molecular flexibility index (Phi) is 3.41. The average molecular weight is 152 g/mol. The van der Waals surface area contributed by atoms with Gasteiger partial charge in [0.05, 0.1) is 6.54 Å². The molecule has 0 atom stereocenters. The van der Waals surface area contributed by atoms with Gasteiger partial charge < -0.3 is 4.90 Å². The van der Waals surface area contributed by atoms with Crippen molar-refractivity contribution >= 4 is 0 Å². The summed E-state index contributed by atoms with van der Waals surface area (Å²) in [6.07, 6.45) is 0. The lowest BCUT2D eigenvalue weighted by Gasteiger charge is -2.30. The second-order valence-electron chi connectivity index (χ2n) is 3.01. The SMILES string of the molecule is CC#CCN1CCN(C)CC1. The van der Waals surface area contributed by atoms with E-state index in [4.69, 9.17) is 0 Å². The van der Waals surface area contributed by atoms with Gasteiger partial charge in [-0.15, -0.1) is 5.92 Å². The molecule has 0 aromatic carbocycles. The molecule has 0 spiro atoms. The van der Waals surface area contributed by atoms with Crippen molar-refractivity contribution in [3.8, 4) is 11.8 Å². The molecule has 0 N–H and O–H groups in total. The summed E-state index contributed by atoms with van der Waals surface area (Å²) < 4.78 is 0. The minimum Gasteiger partial charge on any atom is -0.304 e. The first-order valence-electron chi connectivity index (χ1n) is 4.13. The molecule has 1 fully saturated rings. The Morgan fingerprint density at radius 2 is 1.82 bits per heavy atom. The molecule has 11 heavy (non-hydrogen) atoms. The Labute approximate surface area is 69.2 Å².